The molecule has 1 aromatic rings. The van der Waals surface area contributed by atoms with Crippen LogP contribution in [0.2, 0.25) is 0 Å². The van der Waals surface area contributed by atoms with Crippen molar-refractivity contribution in [2.45, 2.75) is 25.3 Å². The molecule has 0 bridgehead atoms. The van der Waals surface area contributed by atoms with E-state index in [4.69, 9.17) is 0 Å². The third kappa shape index (κ3) is 3.51. The summed E-state index contributed by atoms with van der Waals surface area (Å²) in [5.41, 5.74) is 1.94. The number of carbonyl (C=O) groups is 2. The number of hydroxylamine groups is 1. The van der Waals surface area contributed by atoms with Gasteiger partial charge in [0.15, 0.2) is 0 Å². The van der Waals surface area contributed by atoms with Gasteiger partial charge in [-0.2, -0.15) is 0 Å². The average molecular weight is 373 g/mol. The largest absolute Gasteiger partial charge is 0.353 e. The van der Waals surface area contributed by atoms with Crippen LogP contribution >= 0.6 is 0 Å². The summed E-state index contributed by atoms with van der Waals surface area (Å²) in [4.78, 5) is 36.0. The third-order valence-electron chi connectivity index (χ3n) is 6.32. The topological polar surface area (TPSA) is 89.0 Å². The monoisotopic (exact) mass is 373 g/mol. The van der Waals surface area contributed by atoms with Crippen molar-refractivity contribution >= 4 is 17.6 Å². The maximum absolute atomic E-state index is 13.3. The molecule has 0 radical (unpaired) electrons. The van der Waals surface area contributed by atoms with Gasteiger partial charge in [0.05, 0.1) is 5.92 Å². The summed E-state index contributed by atoms with van der Waals surface area (Å²) in [5, 5.41) is 9.18. The summed E-state index contributed by atoms with van der Waals surface area (Å²) in [6.45, 7) is 3.50. The zero-order valence-electron chi connectivity index (χ0n) is 15.7. The van der Waals surface area contributed by atoms with Crippen LogP contribution in [0.15, 0.2) is 24.4 Å². The lowest BCUT2D eigenvalue weighted by Gasteiger charge is -2.44. The van der Waals surface area contributed by atoms with Gasteiger partial charge in [0.25, 0.3) is 0 Å². The number of likely N-dealkylation sites (N-methyl/N-ethyl adjacent to an activating group) is 1. The van der Waals surface area contributed by atoms with Crippen molar-refractivity contribution in [2.24, 2.45) is 11.3 Å². The first-order valence-electron chi connectivity index (χ1n) is 9.62. The normalized spacial score (nSPS) is 27.5. The minimum absolute atomic E-state index is 0.0118. The Labute approximate surface area is 159 Å². The van der Waals surface area contributed by atoms with Gasteiger partial charge in [0.2, 0.25) is 11.8 Å². The number of carbonyl (C=O) groups excluding carboxylic acids is 2. The van der Waals surface area contributed by atoms with Crippen LogP contribution in [0, 0.1) is 11.3 Å². The Morgan fingerprint density at radius 3 is 2.56 bits per heavy atom. The molecule has 2 aliphatic heterocycles. The molecule has 3 fully saturated rings. The zero-order chi connectivity index (χ0) is 19.0. The highest BCUT2D eigenvalue weighted by atomic mass is 16.5. The molecule has 1 spiro atoms. The summed E-state index contributed by atoms with van der Waals surface area (Å²) in [6.07, 6.45) is 4.64. The molecule has 2 saturated heterocycles. The third-order valence-corrected chi connectivity index (χ3v) is 6.32. The highest BCUT2D eigenvalue weighted by Gasteiger charge is 2.55. The first-order valence-corrected chi connectivity index (χ1v) is 9.62. The molecule has 3 aliphatic rings. The minimum atomic E-state index is -0.509. The van der Waals surface area contributed by atoms with Crippen LogP contribution < -0.4 is 10.4 Å². The van der Waals surface area contributed by atoms with Gasteiger partial charge in [0, 0.05) is 38.9 Å². The number of amides is 2. The van der Waals surface area contributed by atoms with E-state index in [9.17, 15) is 14.8 Å². The lowest BCUT2D eigenvalue weighted by atomic mass is 9.80. The molecule has 3 heterocycles. The number of likely N-dealkylation sites (tertiary alicyclic amines) is 1. The Morgan fingerprint density at radius 2 is 1.96 bits per heavy atom. The van der Waals surface area contributed by atoms with Gasteiger partial charge in [-0.25, -0.2) is 10.5 Å². The predicted octanol–water partition coefficient (Wildman–Crippen LogP) is 0.336. The van der Waals surface area contributed by atoms with Crippen molar-refractivity contribution in [3.8, 4) is 0 Å². The van der Waals surface area contributed by atoms with Gasteiger partial charge in [-0.3, -0.25) is 19.7 Å². The number of pyridine rings is 1. The summed E-state index contributed by atoms with van der Waals surface area (Å²) in [5.74, 6) is -0.0364. The highest BCUT2D eigenvalue weighted by Crippen LogP contribution is 2.54. The van der Waals surface area contributed by atoms with E-state index < -0.39 is 17.9 Å². The van der Waals surface area contributed by atoms with Gasteiger partial charge in [-0.15, -0.1) is 0 Å². The number of aromatic nitrogens is 1. The SMILES string of the molecule is CN1CC2(CC2)CC(C(=O)NO)C1C(=O)N1CCN(c2ccccn2)CC1. The lowest BCUT2D eigenvalue weighted by Crippen LogP contribution is -2.61. The highest BCUT2D eigenvalue weighted by molar-refractivity contribution is 5.90. The van der Waals surface area contributed by atoms with Crippen molar-refractivity contribution in [1.29, 1.82) is 0 Å². The molecule has 146 valence electrons. The molecule has 2 N–H and O–H groups in total. The van der Waals surface area contributed by atoms with E-state index in [0.29, 0.717) is 19.5 Å². The van der Waals surface area contributed by atoms with Gasteiger partial charge in [-0.05, 0) is 43.9 Å². The zero-order valence-corrected chi connectivity index (χ0v) is 15.7. The predicted molar refractivity (Wildman–Crippen MR) is 99.2 cm³/mol. The van der Waals surface area contributed by atoms with E-state index in [1.54, 1.807) is 11.7 Å². The fourth-order valence-corrected chi connectivity index (χ4v) is 4.68. The van der Waals surface area contributed by atoms with Crippen LogP contribution in [0.25, 0.3) is 0 Å². The number of anilines is 1. The number of nitrogens with one attached hydrogen (secondary N) is 1. The first kappa shape index (κ1) is 18.2. The number of rotatable bonds is 3. The van der Waals surface area contributed by atoms with Gasteiger partial charge < -0.3 is 9.80 Å². The van der Waals surface area contributed by atoms with E-state index in [0.717, 1.165) is 38.3 Å². The fourth-order valence-electron chi connectivity index (χ4n) is 4.68. The number of piperidine rings is 1. The molecule has 2 atom stereocenters. The maximum Gasteiger partial charge on any atom is 0.248 e. The molecule has 1 saturated carbocycles. The molecule has 1 aromatic heterocycles. The van der Waals surface area contributed by atoms with Gasteiger partial charge >= 0.3 is 0 Å². The van der Waals surface area contributed by atoms with Crippen molar-refractivity contribution < 1.29 is 14.8 Å². The van der Waals surface area contributed by atoms with Crippen LogP contribution in [-0.4, -0.2) is 77.6 Å². The number of piperazine rings is 1. The molecule has 27 heavy (non-hydrogen) atoms. The van der Waals surface area contributed by atoms with Crippen molar-refractivity contribution in [3.05, 3.63) is 24.4 Å². The summed E-state index contributed by atoms with van der Waals surface area (Å²) in [7, 11) is 1.92. The smallest absolute Gasteiger partial charge is 0.248 e. The Kier molecular flexibility index (Phi) is 4.77. The van der Waals surface area contributed by atoms with Crippen molar-refractivity contribution in [3.63, 3.8) is 0 Å². The molecular formula is C19H27N5O3. The number of nitrogens with zero attached hydrogens (tertiary/aromatic N) is 4. The summed E-state index contributed by atoms with van der Waals surface area (Å²) < 4.78 is 0. The molecular weight excluding hydrogens is 346 g/mol. The second-order valence-electron chi connectivity index (χ2n) is 8.15. The van der Waals surface area contributed by atoms with Crippen LogP contribution in [0.3, 0.4) is 0 Å². The lowest BCUT2D eigenvalue weighted by molar-refractivity contribution is -0.150. The van der Waals surface area contributed by atoms with Gasteiger partial charge in [-0.1, -0.05) is 6.07 Å². The van der Waals surface area contributed by atoms with Crippen molar-refractivity contribution in [1.82, 2.24) is 20.3 Å². The first-order chi connectivity index (χ1) is 13.0. The van der Waals surface area contributed by atoms with Crippen LogP contribution in [-0.2, 0) is 9.59 Å². The second-order valence-corrected chi connectivity index (χ2v) is 8.15. The number of hydrogen-bond donors (Lipinski definition) is 2. The number of hydrogen-bond acceptors (Lipinski definition) is 6. The molecule has 2 unspecified atom stereocenters. The van der Waals surface area contributed by atoms with E-state index in [1.165, 1.54) is 0 Å². The fraction of sp³-hybridized carbons (Fsp3) is 0.632. The standard InChI is InChI=1S/C19H27N5O3/c1-22-13-19(5-6-19)12-14(17(25)21-27)16(22)18(26)24-10-8-23(9-11-24)15-4-2-3-7-20-15/h2-4,7,14,16,27H,5-6,8-13H2,1H3,(H,21,25). The van der Waals surface area contributed by atoms with Crippen LogP contribution in [0.4, 0.5) is 5.82 Å². The molecule has 8 nitrogen and oxygen atoms in total. The molecule has 2 amide bonds. The molecule has 8 heteroatoms. The average Bonchev–Trinajstić information content (AvgIpc) is 3.45. The Hall–Kier alpha value is -2.19. The van der Waals surface area contributed by atoms with Crippen LogP contribution in [0.5, 0.6) is 0 Å². The Balaban J connectivity index is 1.44. The summed E-state index contributed by atoms with van der Waals surface area (Å²) in [6, 6.07) is 5.32. The molecule has 4 rings (SSSR count). The molecule has 1 aliphatic carbocycles. The Morgan fingerprint density at radius 1 is 1.22 bits per heavy atom. The van der Waals surface area contributed by atoms with E-state index in [2.05, 4.69) is 9.88 Å². The quantitative estimate of drug-likeness (QED) is 0.587. The van der Waals surface area contributed by atoms with E-state index in [1.807, 2.05) is 35.0 Å². The Bertz CT molecular complexity index is 701. The van der Waals surface area contributed by atoms with Gasteiger partial charge in [0.1, 0.15) is 11.9 Å². The minimum Gasteiger partial charge on any atom is -0.353 e. The van der Waals surface area contributed by atoms with Crippen LogP contribution in [0.1, 0.15) is 19.3 Å². The van der Waals surface area contributed by atoms with E-state index in [-0.39, 0.29) is 11.3 Å². The maximum atomic E-state index is 13.3. The molecule has 0 aromatic carbocycles. The van der Waals surface area contributed by atoms with Crippen molar-refractivity contribution in [2.75, 3.05) is 44.7 Å². The van der Waals surface area contributed by atoms with E-state index >= 15 is 0 Å². The second kappa shape index (κ2) is 7.09. The summed E-state index contributed by atoms with van der Waals surface area (Å²) >= 11 is 0.